The van der Waals surface area contributed by atoms with Crippen molar-refractivity contribution in [1.29, 1.82) is 0 Å². The van der Waals surface area contributed by atoms with Gasteiger partial charge in [-0.1, -0.05) is 17.7 Å². The largest absolute Gasteiger partial charge is 0.497 e. The summed E-state index contributed by atoms with van der Waals surface area (Å²) < 4.78 is 10.7. The molecule has 1 aromatic heterocycles. The van der Waals surface area contributed by atoms with Crippen LogP contribution in [0.1, 0.15) is 18.1 Å². The summed E-state index contributed by atoms with van der Waals surface area (Å²) in [4.78, 5) is 26.7. The van der Waals surface area contributed by atoms with Crippen molar-refractivity contribution in [2.45, 2.75) is 20.3 Å². The fraction of sp³-hybridized carbons (Fsp3) is 0.273. The van der Waals surface area contributed by atoms with Crippen molar-refractivity contribution in [1.82, 2.24) is 4.90 Å². The lowest BCUT2D eigenvalue weighted by Crippen LogP contribution is -2.38. The standard InChI is InChI=1S/C22H23ClN2O4/c1-4-25(12-21(26)24-19-10-16(23)6-5-14(19)2)22(27)9-15-13-29-20-11-17(28-3)7-8-18(15)20/h5-8,10-11,13H,4,9,12H2,1-3H3,(H,24,26). The van der Waals surface area contributed by atoms with E-state index in [1.807, 2.05) is 32.0 Å². The molecule has 6 nitrogen and oxygen atoms in total. The summed E-state index contributed by atoms with van der Waals surface area (Å²) in [5.74, 6) is 0.268. The van der Waals surface area contributed by atoms with Crippen LogP contribution in [0, 0.1) is 6.92 Å². The van der Waals surface area contributed by atoms with Crippen molar-refractivity contribution in [3.05, 3.63) is 58.8 Å². The Morgan fingerprint density at radius 3 is 2.72 bits per heavy atom. The molecule has 0 unspecified atom stereocenters. The van der Waals surface area contributed by atoms with Crippen LogP contribution in [0.15, 0.2) is 47.1 Å². The van der Waals surface area contributed by atoms with Crippen molar-refractivity contribution in [3.63, 3.8) is 0 Å². The van der Waals surface area contributed by atoms with E-state index in [-0.39, 0.29) is 24.8 Å². The molecule has 152 valence electrons. The van der Waals surface area contributed by atoms with Gasteiger partial charge >= 0.3 is 0 Å². The minimum atomic E-state index is -0.271. The molecule has 0 radical (unpaired) electrons. The van der Waals surface area contributed by atoms with Gasteiger partial charge in [0, 0.05) is 34.3 Å². The molecule has 2 amide bonds. The maximum Gasteiger partial charge on any atom is 0.244 e. The highest BCUT2D eigenvalue weighted by molar-refractivity contribution is 6.31. The first kappa shape index (κ1) is 20.7. The maximum atomic E-state index is 12.8. The minimum absolute atomic E-state index is 0.0368. The molecule has 1 heterocycles. The lowest BCUT2D eigenvalue weighted by molar-refractivity contribution is -0.133. The topological polar surface area (TPSA) is 71.8 Å². The van der Waals surface area contributed by atoms with Gasteiger partial charge in [-0.3, -0.25) is 9.59 Å². The van der Waals surface area contributed by atoms with Gasteiger partial charge in [-0.15, -0.1) is 0 Å². The summed E-state index contributed by atoms with van der Waals surface area (Å²) in [6.45, 7) is 4.11. The molecular formula is C22H23ClN2O4. The van der Waals surface area contributed by atoms with Gasteiger partial charge in [-0.2, -0.15) is 0 Å². The number of carbonyl (C=O) groups is 2. The van der Waals surface area contributed by atoms with E-state index < -0.39 is 0 Å². The number of hydrogen-bond acceptors (Lipinski definition) is 4. The summed E-state index contributed by atoms with van der Waals surface area (Å²) in [6.07, 6.45) is 1.72. The van der Waals surface area contributed by atoms with E-state index in [1.165, 1.54) is 4.90 Å². The van der Waals surface area contributed by atoms with Crippen LogP contribution in [0.25, 0.3) is 11.0 Å². The van der Waals surface area contributed by atoms with E-state index in [4.69, 9.17) is 20.8 Å². The molecule has 0 atom stereocenters. The van der Waals surface area contributed by atoms with Crippen LogP contribution in [0.4, 0.5) is 5.69 Å². The smallest absolute Gasteiger partial charge is 0.244 e. The first-order valence-electron chi connectivity index (χ1n) is 9.29. The second-order valence-electron chi connectivity index (χ2n) is 6.72. The summed E-state index contributed by atoms with van der Waals surface area (Å²) >= 11 is 6.00. The number of halogens is 1. The van der Waals surface area contributed by atoms with Crippen molar-refractivity contribution in [2.24, 2.45) is 0 Å². The number of aryl methyl sites for hydroxylation is 1. The fourth-order valence-corrected chi connectivity index (χ4v) is 3.24. The van der Waals surface area contributed by atoms with Crippen molar-refractivity contribution < 1.29 is 18.7 Å². The van der Waals surface area contributed by atoms with Gasteiger partial charge in [0.1, 0.15) is 11.3 Å². The van der Waals surface area contributed by atoms with Gasteiger partial charge in [0.2, 0.25) is 11.8 Å². The number of nitrogens with zero attached hydrogens (tertiary/aromatic N) is 1. The van der Waals surface area contributed by atoms with Crippen LogP contribution in [0.2, 0.25) is 5.02 Å². The van der Waals surface area contributed by atoms with Gasteiger partial charge in [-0.05, 0) is 43.7 Å². The zero-order valence-corrected chi connectivity index (χ0v) is 17.4. The van der Waals surface area contributed by atoms with Crippen molar-refractivity contribution in [2.75, 3.05) is 25.5 Å². The second kappa shape index (κ2) is 9.01. The first-order valence-corrected chi connectivity index (χ1v) is 9.67. The Balaban J connectivity index is 1.67. The molecule has 3 rings (SSSR count). The number of likely N-dealkylation sites (N-methyl/N-ethyl adjacent to an activating group) is 1. The lowest BCUT2D eigenvalue weighted by atomic mass is 10.1. The predicted molar refractivity (Wildman–Crippen MR) is 114 cm³/mol. The van der Waals surface area contributed by atoms with E-state index in [2.05, 4.69) is 5.32 Å². The molecule has 0 spiro atoms. The molecule has 7 heteroatoms. The summed E-state index contributed by atoms with van der Waals surface area (Å²) in [7, 11) is 1.59. The quantitative estimate of drug-likeness (QED) is 0.620. The molecule has 0 aliphatic carbocycles. The Labute approximate surface area is 174 Å². The Hall–Kier alpha value is -2.99. The van der Waals surface area contributed by atoms with Crippen LogP contribution < -0.4 is 10.1 Å². The number of anilines is 1. The van der Waals surface area contributed by atoms with Gasteiger partial charge in [0.25, 0.3) is 0 Å². The number of hydrogen-bond donors (Lipinski definition) is 1. The number of fused-ring (bicyclic) bond motifs is 1. The molecule has 0 fully saturated rings. The third kappa shape index (κ3) is 4.90. The summed E-state index contributed by atoms with van der Waals surface area (Å²) in [5, 5.41) is 4.22. The van der Waals surface area contributed by atoms with E-state index in [9.17, 15) is 9.59 Å². The minimum Gasteiger partial charge on any atom is -0.497 e. The number of benzene rings is 2. The summed E-state index contributed by atoms with van der Waals surface area (Å²) in [6, 6.07) is 10.8. The monoisotopic (exact) mass is 414 g/mol. The fourth-order valence-electron chi connectivity index (χ4n) is 3.07. The highest BCUT2D eigenvalue weighted by Crippen LogP contribution is 2.26. The van der Waals surface area contributed by atoms with E-state index in [1.54, 1.807) is 31.6 Å². The maximum absolute atomic E-state index is 12.8. The average molecular weight is 415 g/mol. The Morgan fingerprint density at radius 2 is 2.00 bits per heavy atom. The normalized spacial score (nSPS) is 10.8. The molecule has 0 aliphatic rings. The van der Waals surface area contributed by atoms with E-state index in [0.717, 1.165) is 16.5 Å². The van der Waals surface area contributed by atoms with E-state index >= 15 is 0 Å². The molecule has 29 heavy (non-hydrogen) atoms. The third-order valence-electron chi connectivity index (χ3n) is 4.75. The number of carbonyl (C=O) groups excluding carboxylic acids is 2. The molecule has 0 bridgehead atoms. The van der Waals surface area contributed by atoms with Crippen molar-refractivity contribution >= 4 is 40.1 Å². The number of rotatable bonds is 7. The Morgan fingerprint density at radius 1 is 1.21 bits per heavy atom. The molecular weight excluding hydrogens is 392 g/mol. The number of furan rings is 1. The first-order chi connectivity index (χ1) is 13.9. The van der Waals surface area contributed by atoms with Crippen LogP contribution in [-0.4, -0.2) is 36.9 Å². The van der Waals surface area contributed by atoms with Crippen LogP contribution in [0.3, 0.4) is 0 Å². The average Bonchev–Trinajstić information content (AvgIpc) is 3.10. The molecule has 3 aromatic rings. The zero-order chi connectivity index (χ0) is 21.0. The molecule has 1 N–H and O–H groups in total. The third-order valence-corrected chi connectivity index (χ3v) is 4.98. The van der Waals surface area contributed by atoms with Crippen LogP contribution in [-0.2, 0) is 16.0 Å². The van der Waals surface area contributed by atoms with Gasteiger partial charge in [0.15, 0.2) is 0 Å². The molecule has 2 aromatic carbocycles. The van der Waals surface area contributed by atoms with E-state index in [0.29, 0.717) is 28.6 Å². The molecule has 0 aliphatic heterocycles. The molecule has 0 saturated carbocycles. The van der Waals surface area contributed by atoms with Gasteiger partial charge < -0.3 is 19.4 Å². The zero-order valence-electron chi connectivity index (χ0n) is 16.6. The number of ether oxygens (including phenoxy) is 1. The van der Waals surface area contributed by atoms with Crippen LogP contribution >= 0.6 is 11.6 Å². The number of methoxy groups -OCH3 is 1. The highest BCUT2D eigenvalue weighted by atomic mass is 35.5. The van der Waals surface area contributed by atoms with Gasteiger partial charge in [-0.25, -0.2) is 0 Å². The Kier molecular flexibility index (Phi) is 6.44. The van der Waals surface area contributed by atoms with Gasteiger partial charge in [0.05, 0.1) is 26.3 Å². The second-order valence-corrected chi connectivity index (χ2v) is 7.15. The highest BCUT2D eigenvalue weighted by Gasteiger charge is 2.19. The molecule has 0 saturated heterocycles. The number of amides is 2. The van der Waals surface area contributed by atoms with Crippen molar-refractivity contribution in [3.8, 4) is 5.75 Å². The lowest BCUT2D eigenvalue weighted by Gasteiger charge is -2.20. The summed E-state index contributed by atoms with van der Waals surface area (Å²) in [5.41, 5.74) is 2.97. The SMILES string of the molecule is CCN(CC(=O)Nc1cc(Cl)ccc1C)C(=O)Cc1coc2cc(OC)ccc12. The predicted octanol–water partition coefficient (Wildman–Crippen LogP) is 4.43. The van der Waals surface area contributed by atoms with Crippen LogP contribution in [0.5, 0.6) is 5.75 Å². The number of nitrogens with one attached hydrogen (secondary N) is 1. The Bertz CT molecular complexity index is 1040.